The summed E-state index contributed by atoms with van der Waals surface area (Å²) in [6, 6.07) is 7.15. The summed E-state index contributed by atoms with van der Waals surface area (Å²) in [5, 5.41) is 9.65. The lowest BCUT2D eigenvalue weighted by Crippen LogP contribution is -2.32. The second-order valence-electron chi connectivity index (χ2n) is 3.54. The maximum atomic E-state index is 10.5. The van der Waals surface area contributed by atoms with Crippen molar-refractivity contribution in [2.24, 2.45) is 5.73 Å². The largest absolute Gasteiger partial charge is 0.480 e. The first-order valence-electron chi connectivity index (χ1n) is 5.07. The number of para-hydroxylation sites is 1. The SMILES string of the molecule is NC(CSCc1nc2ccccc2s1)C(=O)O. The molecule has 0 amide bonds. The van der Waals surface area contributed by atoms with Crippen LogP contribution in [0.3, 0.4) is 0 Å². The van der Waals surface area contributed by atoms with Gasteiger partial charge in [-0.25, -0.2) is 4.98 Å². The third-order valence-electron chi connectivity index (χ3n) is 2.18. The number of nitrogens with two attached hydrogens (primary N) is 1. The summed E-state index contributed by atoms with van der Waals surface area (Å²) in [5.74, 6) is 0.160. The van der Waals surface area contributed by atoms with Crippen LogP contribution in [0.5, 0.6) is 0 Å². The minimum atomic E-state index is -0.957. The van der Waals surface area contributed by atoms with Gasteiger partial charge in [0, 0.05) is 11.5 Å². The van der Waals surface area contributed by atoms with E-state index in [1.807, 2.05) is 24.3 Å². The van der Waals surface area contributed by atoms with Crippen molar-refractivity contribution in [1.29, 1.82) is 0 Å². The highest BCUT2D eigenvalue weighted by Crippen LogP contribution is 2.24. The smallest absolute Gasteiger partial charge is 0.321 e. The maximum Gasteiger partial charge on any atom is 0.321 e. The molecule has 0 saturated heterocycles. The Kier molecular flexibility index (Phi) is 3.98. The van der Waals surface area contributed by atoms with E-state index < -0.39 is 12.0 Å². The molecule has 17 heavy (non-hydrogen) atoms. The fraction of sp³-hybridized carbons (Fsp3) is 0.273. The molecule has 0 aliphatic carbocycles. The minimum absolute atomic E-state index is 0.408. The van der Waals surface area contributed by atoms with E-state index in [0.717, 1.165) is 15.2 Å². The Hall–Kier alpha value is -1.11. The summed E-state index contributed by atoms with van der Waals surface area (Å²) in [4.78, 5) is 15.0. The molecule has 6 heteroatoms. The zero-order chi connectivity index (χ0) is 12.3. The second-order valence-corrected chi connectivity index (χ2v) is 5.68. The maximum absolute atomic E-state index is 10.5. The molecular formula is C11H12N2O2S2. The molecule has 0 aliphatic heterocycles. The fourth-order valence-electron chi connectivity index (χ4n) is 1.33. The van der Waals surface area contributed by atoms with Crippen LogP contribution in [-0.2, 0) is 10.5 Å². The Morgan fingerprint density at radius 2 is 2.29 bits per heavy atom. The third-order valence-corrected chi connectivity index (χ3v) is 4.47. The van der Waals surface area contributed by atoms with E-state index in [-0.39, 0.29) is 0 Å². The van der Waals surface area contributed by atoms with E-state index in [1.54, 1.807) is 11.3 Å². The van der Waals surface area contributed by atoms with Crippen LogP contribution in [0.4, 0.5) is 0 Å². The van der Waals surface area contributed by atoms with Gasteiger partial charge in [0.2, 0.25) is 0 Å². The van der Waals surface area contributed by atoms with Crippen molar-refractivity contribution >= 4 is 39.3 Å². The van der Waals surface area contributed by atoms with Gasteiger partial charge in [0.1, 0.15) is 11.0 Å². The monoisotopic (exact) mass is 268 g/mol. The predicted molar refractivity (Wildman–Crippen MR) is 71.4 cm³/mol. The average molecular weight is 268 g/mol. The van der Waals surface area contributed by atoms with Crippen LogP contribution in [0.15, 0.2) is 24.3 Å². The van der Waals surface area contributed by atoms with Crippen molar-refractivity contribution in [1.82, 2.24) is 4.98 Å². The number of benzene rings is 1. The van der Waals surface area contributed by atoms with Gasteiger partial charge in [-0.3, -0.25) is 4.79 Å². The number of carbonyl (C=O) groups is 1. The zero-order valence-electron chi connectivity index (χ0n) is 9.00. The Morgan fingerprint density at radius 3 is 3.00 bits per heavy atom. The van der Waals surface area contributed by atoms with Crippen molar-refractivity contribution in [2.45, 2.75) is 11.8 Å². The number of hydrogen-bond acceptors (Lipinski definition) is 5. The standard InChI is InChI=1S/C11H12N2O2S2/c12-7(11(14)15)5-16-6-10-13-8-3-1-2-4-9(8)17-10/h1-4,7H,5-6,12H2,(H,14,15). The van der Waals surface area contributed by atoms with Gasteiger partial charge in [-0.05, 0) is 12.1 Å². The van der Waals surface area contributed by atoms with Gasteiger partial charge in [-0.1, -0.05) is 12.1 Å². The van der Waals surface area contributed by atoms with E-state index in [9.17, 15) is 4.79 Å². The van der Waals surface area contributed by atoms with Crippen molar-refractivity contribution in [3.05, 3.63) is 29.3 Å². The summed E-state index contributed by atoms with van der Waals surface area (Å²) >= 11 is 3.14. The van der Waals surface area contributed by atoms with E-state index >= 15 is 0 Å². The third kappa shape index (κ3) is 3.18. The van der Waals surface area contributed by atoms with E-state index in [0.29, 0.717) is 11.5 Å². The van der Waals surface area contributed by atoms with Crippen molar-refractivity contribution in [3.8, 4) is 0 Å². The summed E-state index contributed by atoms with van der Waals surface area (Å²) in [5.41, 5.74) is 6.41. The molecule has 2 rings (SSSR count). The van der Waals surface area contributed by atoms with Crippen LogP contribution in [-0.4, -0.2) is 27.9 Å². The average Bonchev–Trinajstić information content (AvgIpc) is 2.71. The molecule has 0 bridgehead atoms. The molecule has 4 nitrogen and oxygen atoms in total. The lowest BCUT2D eigenvalue weighted by atomic mass is 10.3. The van der Waals surface area contributed by atoms with Crippen LogP contribution in [0.2, 0.25) is 0 Å². The number of aliphatic carboxylic acids is 1. The highest BCUT2D eigenvalue weighted by atomic mass is 32.2. The summed E-state index contributed by atoms with van der Waals surface area (Å²) < 4.78 is 1.16. The molecule has 0 spiro atoms. The van der Waals surface area contributed by atoms with Gasteiger partial charge in [0.05, 0.1) is 10.2 Å². The van der Waals surface area contributed by atoms with Crippen molar-refractivity contribution < 1.29 is 9.90 Å². The fourth-order valence-corrected chi connectivity index (χ4v) is 3.33. The topological polar surface area (TPSA) is 76.2 Å². The number of carboxylic acid groups (broad SMARTS) is 1. The Morgan fingerprint density at radius 1 is 1.53 bits per heavy atom. The van der Waals surface area contributed by atoms with Gasteiger partial charge in [0.15, 0.2) is 0 Å². The first-order chi connectivity index (χ1) is 8.16. The molecule has 0 radical (unpaired) electrons. The molecule has 1 aromatic carbocycles. The van der Waals surface area contributed by atoms with Crippen LogP contribution >= 0.6 is 23.1 Å². The molecular weight excluding hydrogens is 256 g/mol. The van der Waals surface area contributed by atoms with Gasteiger partial charge >= 0.3 is 5.97 Å². The molecule has 1 atom stereocenters. The molecule has 1 unspecified atom stereocenters. The van der Waals surface area contributed by atoms with Crippen molar-refractivity contribution in [2.75, 3.05) is 5.75 Å². The molecule has 0 saturated carbocycles. The lowest BCUT2D eigenvalue weighted by Gasteiger charge is -2.03. The first kappa shape index (κ1) is 12.3. The lowest BCUT2D eigenvalue weighted by molar-refractivity contribution is -0.137. The summed E-state index contributed by atoms with van der Waals surface area (Å²) in [6.07, 6.45) is 0. The Labute approximate surface area is 107 Å². The number of fused-ring (bicyclic) bond motifs is 1. The molecule has 0 fully saturated rings. The number of thioether (sulfide) groups is 1. The normalized spacial score (nSPS) is 12.8. The number of thiazole rings is 1. The van der Waals surface area contributed by atoms with Crippen LogP contribution < -0.4 is 5.73 Å². The molecule has 1 aromatic heterocycles. The molecule has 1 heterocycles. The quantitative estimate of drug-likeness (QED) is 0.866. The van der Waals surface area contributed by atoms with E-state index in [2.05, 4.69) is 4.98 Å². The minimum Gasteiger partial charge on any atom is -0.480 e. The Bertz CT molecular complexity index is 494. The molecule has 90 valence electrons. The number of aromatic nitrogens is 1. The van der Waals surface area contributed by atoms with Crippen LogP contribution in [0.1, 0.15) is 5.01 Å². The van der Waals surface area contributed by atoms with Gasteiger partial charge in [0.25, 0.3) is 0 Å². The Balaban J connectivity index is 1.93. The molecule has 3 N–H and O–H groups in total. The van der Waals surface area contributed by atoms with Gasteiger partial charge in [-0.15, -0.1) is 11.3 Å². The molecule has 0 aliphatic rings. The highest BCUT2D eigenvalue weighted by molar-refractivity contribution is 7.98. The highest BCUT2D eigenvalue weighted by Gasteiger charge is 2.11. The van der Waals surface area contributed by atoms with Crippen LogP contribution in [0, 0.1) is 0 Å². The van der Waals surface area contributed by atoms with Gasteiger partial charge < -0.3 is 10.8 Å². The van der Waals surface area contributed by atoms with Gasteiger partial charge in [-0.2, -0.15) is 11.8 Å². The number of carboxylic acids is 1. The second kappa shape index (κ2) is 5.48. The van der Waals surface area contributed by atoms with Crippen molar-refractivity contribution in [3.63, 3.8) is 0 Å². The zero-order valence-corrected chi connectivity index (χ0v) is 10.6. The number of nitrogens with zero attached hydrogens (tertiary/aromatic N) is 1. The summed E-state index contributed by atoms with van der Waals surface area (Å²) in [6.45, 7) is 0. The predicted octanol–water partition coefficient (Wildman–Crippen LogP) is 1.94. The summed E-state index contributed by atoms with van der Waals surface area (Å²) in [7, 11) is 0. The van der Waals surface area contributed by atoms with Crippen LogP contribution in [0.25, 0.3) is 10.2 Å². The number of hydrogen-bond donors (Lipinski definition) is 2. The number of rotatable bonds is 5. The first-order valence-corrected chi connectivity index (χ1v) is 7.04. The van der Waals surface area contributed by atoms with E-state index in [1.165, 1.54) is 11.8 Å². The molecule has 2 aromatic rings. The van der Waals surface area contributed by atoms with E-state index in [4.69, 9.17) is 10.8 Å².